The van der Waals surface area contributed by atoms with E-state index >= 15 is 0 Å². The second-order valence-corrected chi connectivity index (χ2v) is 7.69. The summed E-state index contributed by atoms with van der Waals surface area (Å²) in [5, 5.41) is 2.90. The molecule has 0 spiro atoms. The van der Waals surface area contributed by atoms with Crippen molar-refractivity contribution in [1.29, 1.82) is 0 Å². The molecule has 3 aromatic rings. The fraction of sp³-hybridized carbons (Fsp3) is 0.115. The molecule has 1 heterocycles. The molecule has 3 aromatic carbocycles. The van der Waals surface area contributed by atoms with E-state index in [4.69, 9.17) is 0 Å². The number of ketones is 2. The summed E-state index contributed by atoms with van der Waals surface area (Å²) < 4.78 is 0. The number of nitrogens with one attached hydrogen (secondary N) is 1. The number of anilines is 1. The largest absolute Gasteiger partial charge is 0.322 e. The SMILES string of the molecule is O=C1c2ccccc2C(=O)c2cc(C3=CCN(C(=O)Nc4ccccc4)CC3)ccc21. The average molecular weight is 408 g/mol. The molecule has 0 fully saturated rings. The van der Waals surface area contributed by atoms with E-state index < -0.39 is 0 Å². The van der Waals surface area contributed by atoms with Crippen molar-refractivity contribution in [2.24, 2.45) is 0 Å². The Hall–Kier alpha value is -3.99. The predicted octanol–water partition coefficient (Wildman–Crippen LogP) is 4.78. The summed E-state index contributed by atoms with van der Waals surface area (Å²) in [4.78, 5) is 40.0. The summed E-state index contributed by atoms with van der Waals surface area (Å²) in [6.45, 7) is 1.07. The highest BCUT2D eigenvalue weighted by molar-refractivity contribution is 6.28. The normalized spacial score (nSPS) is 15.1. The van der Waals surface area contributed by atoms with E-state index in [2.05, 4.69) is 5.32 Å². The van der Waals surface area contributed by atoms with Gasteiger partial charge in [0.15, 0.2) is 11.6 Å². The Kier molecular flexibility index (Phi) is 4.71. The van der Waals surface area contributed by atoms with Gasteiger partial charge >= 0.3 is 6.03 Å². The van der Waals surface area contributed by atoms with Crippen LogP contribution in [0.25, 0.3) is 5.57 Å². The standard InChI is InChI=1S/C26H20N2O3/c29-24-20-8-4-5-9-21(20)25(30)23-16-18(10-11-22(23)24)17-12-14-28(15-13-17)26(31)27-19-6-2-1-3-7-19/h1-12,16H,13-15H2,(H,27,31). The molecule has 5 rings (SSSR count). The lowest BCUT2D eigenvalue weighted by atomic mass is 9.82. The maximum atomic E-state index is 13.0. The summed E-state index contributed by atoms with van der Waals surface area (Å²) in [5.74, 6) is -0.231. The number of carbonyl (C=O) groups is 3. The Balaban J connectivity index is 1.36. The van der Waals surface area contributed by atoms with Crippen LogP contribution in [0, 0.1) is 0 Å². The molecule has 2 aliphatic rings. The molecule has 0 atom stereocenters. The van der Waals surface area contributed by atoms with Crippen molar-refractivity contribution in [2.45, 2.75) is 6.42 Å². The van der Waals surface area contributed by atoms with Gasteiger partial charge in [0.1, 0.15) is 0 Å². The Morgan fingerprint density at radius 3 is 2.10 bits per heavy atom. The van der Waals surface area contributed by atoms with Gasteiger partial charge in [-0.25, -0.2) is 4.79 Å². The summed E-state index contributed by atoms with van der Waals surface area (Å²) in [6.07, 6.45) is 2.69. The zero-order valence-corrected chi connectivity index (χ0v) is 16.8. The zero-order valence-electron chi connectivity index (χ0n) is 16.8. The number of amides is 2. The molecule has 0 aromatic heterocycles. The summed E-state index contributed by atoms with van der Waals surface area (Å²) >= 11 is 0. The van der Waals surface area contributed by atoms with E-state index in [9.17, 15) is 14.4 Å². The van der Waals surface area contributed by atoms with Gasteiger partial charge in [0.05, 0.1) is 0 Å². The fourth-order valence-corrected chi connectivity index (χ4v) is 4.14. The number of carbonyl (C=O) groups excluding carboxylic acids is 3. The zero-order chi connectivity index (χ0) is 21.4. The summed E-state index contributed by atoms with van der Waals surface area (Å²) in [7, 11) is 0. The van der Waals surface area contributed by atoms with Crippen molar-refractivity contribution in [3.63, 3.8) is 0 Å². The fourth-order valence-electron chi connectivity index (χ4n) is 4.14. The van der Waals surface area contributed by atoms with E-state index in [0.717, 1.165) is 16.8 Å². The molecule has 1 aliphatic heterocycles. The van der Waals surface area contributed by atoms with Crippen LogP contribution in [-0.4, -0.2) is 35.6 Å². The van der Waals surface area contributed by atoms with Crippen LogP contribution in [0.3, 0.4) is 0 Å². The van der Waals surface area contributed by atoms with Crippen LogP contribution in [0.5, 0.6) is 0 Å². The second-order valence-electron chi connectivity index (χ2n) is 7.69. The number of hydrogen-bond donors (Lipinski definition) is 1. The van der Waals surface area contributed by atoms with Crippen LogP contribution < -0.4 is 5.32 Å². The van der Waals surface area contributed by atoms with Crippen molar-refractivity contribution in [2.75, 3.05) is 18.4 Å². The van der Waals surface area contributed by atoms with Crippen LogP contribution in [0.2, 0.25) is 0 Å². The third-order valence-electron chi connectivity index (χ3n) is 5.82. The Morgan fingerprint density at radius 2 is 1.42 bits per heavy atom. The van der Waals surface area contributed by atoms with Gasteiger partial charge in [-0.2, -0.15) is 0 Å². The minimum atomic E-state index is -0.135. The van der Waals surface area contributed by atoms with Crippen LogP contribution in [0.4, 0.5) is 10.5 Å². The third kappa shape index (κ3) is 3.44. The quantitative estimate of drug-likeness (QED) is 0.519. The van der Waals surface area contributed by atoms with Crippen LogP contribution in [-0.2, 0) is 0 Å². The van der Waals surface area contributed by atoms with E-state index in [1.54, 1.807) is 35.2 Å². The third-order valence-corrected chi connectivity index (χ3v) is 5.82. The number of nitrogens with zero attached hydrogens (tertiary/aromatic N) is 1. The molecule has 0 saturated carbocycles. The first-order chi connectivity index (χ1) is 15.1. The molecule has 0 saturated heterocycles. The minimum absolute atomic E-state index is 0.113. The number of hydrogen-bond acceptors (Lipinski definition) is 3. The monoisotopic (exact) mass is 408 g/mol. The molecule has 0 unspecified atom stereocenters. The number of urea groups is 1. The Morgan fingerprint density at radius 1 is 0.774 bits per heavy atom. The molecule has 1 aliphatic carbocycles. The maximum absolute atomic E-state index is 13.0. The van der Waals surface area contributed by atoms with Gasteiger partial charge in [0, 0.05) is 41.0 Å². The van der Waals surface area contributed by atoms with Gasteiger partial charge in [0.2, 0.25) is 0 Å². The van der Waals surface area contributed by atoms with Crippen molar-refractivity contribution in [3.05, 3.63) is 107 Å². The highest BCUT2D eigenvalue weighted by Gasteiger charge is 2.30. The molecule has 152 valence electrons. The first-order valence-corrected chi connectivity index (χ1v) is 10.2. The van der Waals surface area contributed by atoms with Gasteiger partial charge in [0.25, 0.3) is 0 Å². The van der Waals surface area contributed by atoms with Gasteiger partial charge < -0.3 is 10.2 Å². The topological polar surface area (TPSA) is 66.5 Å². The van der Waals surface area contributed by atoms with Crippen molar-refractivity contribution < 1.29 is 14.4 Å². The van der Waals surface area contributed by atoms with Gasteiger partial charge in [-0.3, -0.25) is 9.59 Å². The molecule has 1 N–H and O–H groups in total. The van der Waals surface area contributed by atoms with Crippen LogP contribution in [0.15, 0.2) is 78.9 Å². The van der Waals surface area contributed by atoms with Crippen molar-refractivity contribution >= 4 is 28.9 Å². The average Bonchev–Trinajstić information content (AvgIpc) is 2.83. The lowest BCUT2D eigenvalue weighted by molar-refractivity contribution is 0.0979. The molecule has 5 heteroatoms. The Bertz CT molecular complexity index is 1240. The predicted molar refractivity (Wildman–Crippen MR) is 119 cm³/mol. The lowest BCUT2D eigenvalue weighted by Crippen LogP contribution is -2.37. The Labute approximate surface area is 180 Å². The number of para-hydroxylation sites is 1. The lowest BCUT2D eigenvalue weighted by Gasteiger charge is -2.27. The van der Waals surface area contributed by atoms with E-state index in [0.29, 0.717) is 41.8 Å². The maximum Gasteiger partial charge on any atom is 0.322 e. The van der Waals surface area contributed by atoms with E-state index in [-0.39, 0.29) is 17.6 Å². The first kappa shape index (κ1) is 19.0. The minimum Gasteiger partial charge on any atom is -0.320 e. The van der Waals surface area contributed by atoms with E-state index in [1.165, 1.54) is 0 Å². The molecule has 0 bridgehead atoms. The molecular weight excluding hydrogens is 388 g/mol. The van der Waals surface area contributed by atoms with Crippen molar-refractivity contribution in [3.8, 4) is 0 Å². The molecule has 0 radical (unpaired) electrons. The van der Waals surface area contributed by atoms with Gasteiger partial charge in [-0.15, -0.1) is 0 Å². The summed E-state index contributed by atoms with van der Waals surface area (Å²) in [6, 6.07) is 21.6. The first-order valence-electron chi connectivity index (χ1n) is 10.2. The number of benzene rings is 3. The summed E-state index contributed by atoms with van der Waals surface area (Å²) in [5.41, 5.74) is 4.58. The van der Waals surface area contributed by atoms with Crippen LogP contribution >= 0.6 is 0 Å². The van der Waals surface area contributed by atoms with Crippen LogP contribution in [0.1, 0.15) is 43.8 Å². The highest BCUT2D eigenvalue weighted by atomic mass is 16.2. The molecule has 2 amide bonds. The second kappa shape index (κ2) is 7.69. The molecule has 5 nitrogen and oxygen atoms in total. The van der Waals surface area contributed by atoms with Crippen molar-refractivity contribution in [1.82, 2.24) is 4.90 Å². The number of rotatable bonds is 2. The van der Waals surface area contributed by atoms with Gasteiger partial charge in [-0.1, -0.05) is 54.6 Å². The molecular formula is C26H20N2O3. The van der Waals surface area contributed by atoms with E-state index in [1.807, 2.05) is 48.5 Å². The van der Waals surface area contributed by atoms with Gasteiger partial charge in [-0.05, 0) is 41.8 Å². The molecule has 31 heavy (non-hydrogen) atoms. The highest BCUT2D eigenvalue weighted by Crippen LogP contribution is 2.31. The number of fused-ring (bicyclic) bond motifs is 2. The smallest absolute Gasteiger partial charge is 0.320 e.